The number of hydrazone groups is 1. The summed E-state index contributed by atoms with van der Waals surface area (Å²) in [5.74, 6) is -1.40. The number of carbonyl (C=O) groups is 1. The Kier molecular flexibility index (Phi) is 5.71. The third-order valence-corrected chi connectivity index (χ3v) is 4.14. The fraction of sp³-hybridized carbons (Fsp3) is 0.529. The summed E-state index contributed by atoms with van der Waals surface area (Å²) in [5.41, 5.74) is -4.59. The van der Waals surface area contributed by atoms with Crippen LogP contribution in [0.4, 0.5) is 26.3 Å². The monoisotopic (exact) mass is 412 g/mol. The normalized spacial score (nSPS) is 20.5. The Hall–Kier alpha value is -2.30. The average Bonchev–Trinajstić information content (AvgIpc) is 2.91. The van der Waals surface area contributed by atoms with Gasteiger partial charge in [0.05, 0.1) is 6.42 Å². The third-order valence-electron chi connectivity index (χ3n) is 4.14. The van der Waals surface area contributed by atoms with Crippen molar-refractivity contribution in [3.8, 4) is 5.75 Å². The van der Waals surface area contributed by atoms with Crippen LogP contribution >= 0.6 is 0 Å². The predicted octanol–water partition coefficient (Wildman–Crippen LogP) is 3.90. The summed E-state index contributed by atoms with van der Waals surface area (Å²) >= 11 is 0. The van der Waals surface area contributed by atoms with E-state index in [9.17, 15) is 36.2 Å². The number of hydrogen-bond donors (Lipinski definition) is 1. The molecule has 1 N–H and O–H groups in total. The van der Waals surface area contributed by atoms with Crippen LogP contribution in [0.3, 0.4) is 0 Å². The van der Waals surface area contributed by atoms with Crippen LogP contribution in [0.1, 0.15) is 37.3 Å². The summed E-state index contributed by atoms with van der Waals surface area (Å²) in [6.07, 6.45) is -12.7. The zero-order valence-electron chi connectivity index (χ0n) is 15.1. The molecular weight excluding hydrogens is 394 g/mol. The van der Waals surface area contributed by atoms with Crippen LogP contribution in [0.2, 0.25) is 0 Å². The second-order valence-electron chi connectivity index (χ2n) is 6.73. The van der Waals surface area contributed by atoms with Crippen molar-refractivity contribution in [2.45, 2.75) is 51.2 Å². The van der Waals surface area contributed by atoms with E-state index in [1.807, 2.05) is 13.8 Å². The third kappa shape index (κ3) is 4.23. The van der Waals surface area contributed by atoms with Gasteiger partial charge in [0, 0.05) is 0 Å². The molecule has 0 unspecified atom stereocenters. The van der Waals surface area contributed by atoms with Crippen molar-refractivity contribution in [2.24, 2.45) is 5.10 Å². The quantitative estimate of drug-likeness (QED) is 0.764. The Labute approximate surface area is 156 Å². The van der Waals surface area contributed by atoms with E-state index in [4.69, 9.17) is 4.74 Å². The van der Waals surface area contributed by atoms with Crippen molar-refractivity contribution >= 4 is 11.6 Å². The number of nitrogens with zero attached hydrogens (tertiary/aromatic N) is 2. The van der Waals surface area contributed by atoms with E-state index in [-0.39, 0.29) is 11.7 Å². The van der Waals surface area contributed by atoms with Gasteiger partial charge < -0.3 is 9.84 Å². The summed E-state index contributed by atoms with van der Waals surface area (Å²) in [6.45, 7) is 4.34. The highest BCUT2D eigenvalue weighted by molar-refractivity contribution is 5.94. The molecule has 1 aromatic rings. The molecule has 5 nitrogen and oxygen atoms in total. The summed E-state index contributed by atoms with van der Waals surface area (Å²) in [4.78, 5) is 12.2. The first kappa shape index (κ1) is 22.0. The maximum Gasteiger partial charge on any atom is 0.438 e. The topological polar surface area (TPSA) is 62.1 Å². The van der Waals surface area contributed by atoms with E-state index >= 15 is 0 Å². The number of benzene rings is 1. The highest BCUT2D eigenvalue weighted by atomic mass is 19.4. The average molecular weight is 412 g/mol. The molecule has 2 rings (SSSR count). The van der Waals surface area contributed by atoms with Gasteiger partial charge in [-0.05, 0) is 30.0 Å². The molecule has 0 saturated carbocycles. The second kappa shape index (κ2) is 7.26. The minimum absolute atomic E-state index is 0.0422. The van der Waals surface area contributed by atoms with Crippen LogP contribution in [0, 0.1) is 6.92 Å². The maximum absolute atomic E-state index is 13.2. The first-order chi connectivity index (χ1) is 12.7. The molecule has 0 aliphatic carbocycles. The lowest BCUT2D eigenvalue weighted by Crippen LogP contribution is -2.57. The largest absolute Gasteiger partial charge is 0.483 e. The van der Waals surface area contributed by atoms with Gasteiger partial charge >= 0.3 is 12.4 Å². The lowest BCUT2D eigenvalue weighted by atomic mass is 10.0. The highest BCUT2D eigenvalue weighted by Crippen LogP contribution is 2.43. The number of carbonyl (C=O) groups excluding carboxylic acids is 1. The maximum atomic E-state index is 13.2. The number of hydrogen-bond acceptors (Lipinski definition) is 4. The van der Waals surface area contributed by atoms with Gasteiger partial charge in [-0.2, -0.15) is 36.5 Å². The lowest BCUT2D eigenvalue weighted by molar-refractivity contribution is -0.302. The molecule has 1 atom stereocenters. The van der Waals surface area contributed by atoms with E-state index in [2.05, 4.69) is 5.10 Å². The standard InChI is InChI=1S/C17H18F6N2O3/c1-9(2)11-5-4-10(3)6-12(11)28-8-14(26)25-15(27,17(21,22)23)7-13(24-25)16(18,19)20/h4-6,9,27H,7-8H2,1-3H3/t15-/m0/s1. The molecule has 0 fully saturated rings. The summed E-state index contributed by atoms with van der Waals surface area (Å²) in [5, 5.41) is 11.9. The van der Waals surface area contributed by atoms with Gasteiger partial charge in [-0.1, -0.05) is 26.0 Å². The smallest absolute Gasteiger partial charge is 0.438 e. The van der Waals surface area contributed by atoms with Crippen LogP contribution < -0.4 is 4.74 Å². The fourth-order valence-corrected chi connectivity index (χ4v) is 2.63. The van der Waals surface area contributed by atoms with Crippen LogP contribution in [0.25, 0.3) is 0 Å². The van der Waals surface area contributed by atoms with E-state index in [1.54, 1.807) is 25.1 Å². The Morgan fingerprint density at radius 1 is 1.29 bits per heavy atom. The number of halogens is 6. The number of aryl methyl sites for hydroxylation is 1. The minimum Gasteiger partial charge on any atom is -0.483 e. The van der Waals surface area contributed by atoms with Gasteiger partial charge in [-0.3, -0.25) is 4.79 Å². The Balaban J connectivity index is 2.29. The van der Waals surface area contributed by atoms with E-state index in [0.29, 0.717) is 5.56 Å². The second-order valence-corrected chi connectivity index (χ2v) is 6.73. The molecular formula is C17H18F6N2O3. The Morgan fingerprint density at radius 2 is 1.89 bits per heavy atom. The highest BCUT2D eigenvalue weighted by Gasteiger charge is 2.66. The van der Waals surface area contributed by atoms with E-state index in [1.165, 1.54) is 0 Å². The zero-order chi connectivity index (χ0) is 21.5. The molecule has 1 aliphatic rings. The van der Waals surface area contributed by atoms with Crippen LogP contribution in [0.5, 0.6) is 5.75 Å². The van der Waals surface area contributed by atoms with Gasteiger partial charge in [0.25, 0.3) is 11.6 Å². The van der Waals surface area contributed by atoms with Gasteiger partial charge in [-0.25, -0.2) is 0 Å². The summed E-state index contributed by atoms with van der Waals surface area (Å²) in [6, 6.07) is 5.03. The van der Waals surface area contributed by atoms with Crippen molar-refractivity contribution in [1.82, 2.24) is 5.01 Å². The molecule has 156 valence electrons. The number of alkyl halides is 6. The molecule has 0 radical (unpaired) electrons. The number of amides is 1. The molecule has 1 heterocycles. The van der Waals surface area contributed by atoms with Gasteiger partial charge in [0.2, 0.25) is 0 Å². The van der Waals surface area contributed by atoms with Crippen molar-refractivity contribution in [3.05, 3.63) is 29.3 Å². The van der Waals surface area contributed by atoms with E-state index < -0.39 is 47.7 Å². The van der Waals surface area contributed by atoms with Crippen molar-refractivity contribution in [1.29, 1.82) is 0 Å². The van der Waals surface area contributed by atoms with Gasteiger partial charge in [-0.15, -0.1) is 0 Å². The molecule has 0 saturated heterocycles. The Morgan fingerprint density at radius 3 is 2.39 bits per heavy atom. The number of ether oxygens (including phenoxy) is 1. The number of rotatable bonds is 4. The first-order valence-corrected chi connectivity index (χ1v) is 8.17. The summed E-state index contributed by atoms with van der Waals surface area (Å²) < 4.78 is 83.2. The van der Waals surface area contributed by atoms with Crippen LogP contribution in [0.15, 0.2) is 23.3 Å². The predicted molar refractivity (Wildman–Crippen MR) is 86.7 cm³/mol. The molecule has 1 aromatic carbocycles. The molecule has 28 heavy (non-hydrogen) atoms. The summed E-state index contributed by atoms with van der Waals surface area (Å²) in [7, 11) is 0. The van der Waals surface area contributed by atoms with Gasteiger partial charge in [0.1, 0.15) is 11.5 Å². The minimum atomic E-state index is -5.55. The SMILES string of the molecule is Cc1ccc(C(C)C)c(OCC(=O)N2N=C(C(F)(F)F)C[C@]2(O)C(F)(F)F)c1. The van der Waals surface area contributed by atoms with E-state index in [0.717, 1.165) is 5.56 Å². The van der Waals surface area contributed by atoms with Crippen molar-refractivity contribution in [3.63, 3.8) is 0 Å². The first-order valence-electron chi connectivity index (χ1n) is 8.17. The zero-order valence-corrected chi connectivity index (χ0v) is 15.1. The molecule has 0 spiro atoms. The van der Waals surface area contributed by atoms with Crippen LogP contribution in [-0.2, 0) is 4.79 Å². The van der Waals surface area contributed by atoms with Crippen molar-refractivity contribution in [2.75, 3.05) is 6.61 Å². The van der Waals surface area contributed by atoms with Crippen LogP contribution in [-0.4, -0.2) is 46.4 Å². The molecule has 1 amide bonds. The molecule has 1 aliphatic heterocycles. The molecule has 0 bridgehead atoms. The molecule has 0 aromatic heterocycles. The Bertz CT molecular complexity index is 788. The van der Waals surface area contributed by atoms with Crippen molar-refractivity contribution < 1.29 is 41.0 Å². The molecule has 11 heteroatoms. The number of aliphatic hydroxyl groups is 1. The fourth-order valence-electron chi connectivity index (χ4n) is 2.63. The lowest BCUT2D eigenvalue weighted by Gasteiger charge is -2.32. The van der Waals surface area contributed by atoms with Gasteiger partial charge in [0.15, 0.2) is 6.61 Å².